The van der Waals surface area contributed by atoms with E-state index >= 15 is 0 Å². The summed E-state index contributed by atoms with van der Waals surface area (Å²) < 4.78 is 15.1. The lowest BCUT2D eigenvalue weighted by Crippen LogP contribution is -2.38. The van der Waals surface area contributed by atoms with Crippen LogP contribution in [0.15, 0.2) is 18.5 Å². The van der Waals surface area contributed by atoms with Crippen molar-refractivity contribution in [1.82, 2.24) is 4.98 Å². The molecule has 0 unspecified atom stereocenters. The molecule has 0 fully saturated rings. The van der Waals surface area contributed by atoms with Crippen LogP contribution in [-0.2, 0) is 19.0 Å². The molecule has 0 spiro atoms. The first-order valence-electron chi connectivity index (χ1n) is 8.38. The molecule has 8 heteroatoms. The number of amides is 1. The van der Waals surface area contributed by atoms with Gasteiger partial charge in [0.05, 0.1) is 19.4 Å². The lowest BCUT2D eigenvalue weighted by Gasteiger charge is -2.28. The van der Waals surface area contributed by atoms with Crippen molar-refractivity contribution in [2.75, 3.05) is 25.2 Å². The number of rotatable bonds is 7. The van der Waals surface area contributed by atoms with E-state index in [1.54, 1.807) is 27.7 Å². The smallest absolute Gasteiger partial charge is 0.414 e. The van der Waals surface area contributed by atoms with Gasteiger partial charge in [0.15, 0.2) is 0 Å². The Morgan fingerprint density at radius 2 is 1.92 bits per heavy atom. The van der Waals surface area contributed by atoms with Gasteiger partial charge in [-0.1, -0.05) is 0 Å². The van der Waals surface area contributed by atoms with Gasteiger partial charge in [-0.15, -0.1) is 0 Å². The topological polar surface area (TPSA) is 95.0 Å². The standard InChI is InChI=1S/C18H26N2O6/c1-6-25-15(21)8-7-11-20(17(23)26-18(2,3)4)14-9-10-19-12-13(14)16(22)24-5/h9-10,12H,6-8,11H2,1-5H3. The van der Waals surface area contributed by atoms with Crippen LogP contribution in [0.1, 0.15) is 50.9 Å². The van der Waals surface area contributed by atoms with Gasteiger partial charge in [0.1, 0.15) is 11.2 Å². The number of anilines is 1. The van der Waals surface area contributed by atoms with Crippen LogP contribution < -0.4 is 4.90 Å². The number of methoxy groups -OCH3 is 1. The van der Waals surface area contributed by atoms with Crippen LogP contribution in [0.2, 0.25) is 0 Å². The van der Waals surface area contributed by atoms with E-state index in [1.807, 2.05) is 0 Å². The maximum absolute atomic E-state index is 12.6. The summed E-state index contributed by atoms with van der Waals surface area (Å²) in [4.78, 5) is 41.4. The molecule has 0 N–H and O–H groups in total. The molecule has 0 saturated heterocycles. The van der Waals surface area contributed by atoms with E-state index < -0.39 is 17.7 Å². The maximum Gasteiger partial charge on any atom is 0.414 e. The van der Waals surface area contributed by atoms with E-state index in [-0.39, 0.29) is 24.5 Å². The molecule has 1 aromatic heterocycles. The first-order valence-corrected chi connectivity index (χ1v) is 8.38. The molecular formula is C18H26N2O6. The van der Waals surface area contributed by atoms with Crippen molar-refractivity contribution in [3.8, 4) is 0 Å². The molecule has 1 amide bonds. The van der Waals surface area contributed by atoms with E-state index in [9.17, 15) is 14.4 Å². The zero-order chi connectivity index (χ0) is 19.7. The SMILES string of the molecule is CCOC(=O)CCCN(C(=O)OC(C)(C)C)c1ccncc1C(=O)OC. The molecule has 1 aromatic rings. The fourth-order valence-electron chi connectivity index (χ4n) is 2.13. The van der Waals surface area contributed by atoms with Crippen molar-refractivity contribution in [1.29, 1.82) is 0 Å². The van der Waals surface area contributed by atoms with Crippen LogP contribution in [0.3, 0.4) is 0 Å². The van der Waals surface area contributed by atoms with Crippen molar-refractivity contribution in [2.24, 2.45) is 0 Å². The number of hydrogen-bond acceptors (Lipinski definition) is 7. The van der Waals surface area contributed by atoms with Gasteiger partial charge in [0, 0.05) is 25.4 Å². The number of ether oxygens (including phenoxy) is 3. The van der Waals surface area contributed by atoms with Gasteiger partial charge < -0.3 is 14.2 Å². The third kappa shape index (κ3) is 6.70. The molecule has 0 aliphatic carbocycles. The molecule has 26 heavy (non-hydrogen) atoms. The first-order chi connectivity index (χ1) is 12.2. The van der Waals surface area contributed by atoms with Crippen molar-refractivity contribution >= 4 is 23.7 Å². The Bertz CT molecular complexity index is 639. The molecule has 0 bridgehead atoms. The monoisotopic (exact) mass is 366 g/mol. The summed E-state index contributed by atoms with van der Waals surface area (Å²) in [5.74, 6) is -0.966. The summed E-state index contributed by atoms with van der Waals surface area (Å²) in [5.41, 5.74) is -0.267. The van der Waals surface area contributed by atoms with Gasteiger partial charge in [0.25, 0.3) is 0 Å². The van der Waals surface area contributed by atoms with Gasteiger partial charge >= 0.3 is 18.0 Å². The molecule has 0 radical (unpaired) electrons. The number of carbonyl (C=O) groups excluding carboxylic acids is 3. The molecular weight excluding hydrogens is 340 g/mol. The van der Waals surface area contributed by atoms with Crippen LogP contribution in [0, 0.1) is 0 Å². The average molecular weight is 366 g/mol. The number of aromatic nitrogens is 1. The highest BCUT2D eigenvalue weighted by Gasteiger charge is 2.27. The zero-order valence-corrected chi connectivity index (χ0v) is 15.9. The lowest BCUT2D eigenvalue weighted by molar-refractivity contribution is -0.143. The highest BCUT2D eigenvalue weighted by atomic mass is 16.6. The molecule has 0 atom stereocenters. The predicted octanol–water partition coefficient (Wildman–Crippen LogP) is 2.95. The third-order valence-corrected chi connectivity index (χ3v) is 3.18. The first kappa shape index (κ1) is 21.4. The fourth-order valence-corrected chi connectivity index (χ4v) is 2.13. The van der Waals surface area contributed by atoms with Crippen molar-refractivity contribution in [3.63, 3.8) is 0 Å². The molecule has 144 valence electrons. The maximum atomic E-state index is 12.6. The second-order valence-electron chi connectivity index (χ2n) is 6.42. The number of carbonyl (C=O) groups is 3. The highest BCUT2D eigenvalue weighted by Crippen LogP contribution is 2.23. The molecule has 1 heterocycles. The molecule has 1 rings (SSSR count). The Hall–Kier alpha value is -2.64. The van der Waals surface area contributed by atoms with Crippen LogP contribution in [0.4, 0.5) is 10.5 Å². The van der Waals surface area contributed by atoms with E-state index in [0.29, 0.717) is 18.7 Å². The summed E-state index contributed by atoms with van der Waals surface area (Å²) >= 11 is 0. The molecule has 0 aromatic carbocycles. The minimum absolute atomic E-state index is 0.136. The Labute approximate surface area is 153 Å². The van der Waals surface area contributed by atoms with Gasteiger partial charge in [0.2, 0.25) is 0 Å². The van der Waals surface area contributed by atoms with E-state index in [4.69, 9.17) is 14.2 Å². The molecule has 0 aliphatic heterocycles. The Balaban J connectivity index is 3.06. The number of esters is 2. The van der Waals surface area contributed by atoms with Crippen molar-refractivity contribution in [2.45, 2.75) is 46.1 Å². The summed E-state index contributed by atoms with van der Waals surface area (Å²) in [7, 11) is 1.25. The zero-order valence-electron chi connectivity index (χ0n) is 15.9. The van der Waals surface area contributed by atoms with Crippen molar-refractivity contribution in [3.05, 3.63) is 24.0 Å². The lowest BCUT2D eigenvalue weighted by atomic mass is 10.2. The van der Waals surface area contributed by atoms with Gasteiger partial charge in [-0.3, -0.25) is 14.7 Å². The Kier molecular flexibility index (Phi) is 8.02. The summed E-state index contributed by atoms with van der Waals surface area (Å²) in [6.45, 7) is 7.43. The number of pyridine rings is 1. The van der Waals surface area contributed by atoms with Gasteiger partial charge in [-0.05, 0) is 40.2 Å². The summed E-state index contributed by atoms with van der Waals surface area (Å²) in [6.07, 6.45) is 2.65. The second-order valence-corrected chi connectivity index (χ2v) is 6.42. The predicted molar refractivity (Wildman–Crippen MR) is 95.0 cm³/mol. The van der Waals surface area contributed by atoms with Crippen LogP contribution in [0.25, 0.3) is 0 Å². The summed E-state index contributed by atoms with van der Waals surface area (Å²) in [5, 5.41) is 0. The van der Waals surface area contributed by atoms with Crippen LogP contribution in [-0.4, -0.2) is 48.9 Å². The quantitative estimate of drug-likeness (QED) is 0.541. The summed E-state index contributed by atoms with van der Waals surface area (Å²) in [6, 6.07) is 1.53. The average Bonchev–Trinajstić information content (AvgIpc) is 2.56. The Morgan fingerprint density at radius 1 is 1.23 bits per heavy atom. The van der Waals surface area contributed by atoms with E-state index in [0.717, 1.165) is 0 Å². The minimum Gasteiger partial charge on any atom is -0.466 e. The second kappa shape index (κ2) is 9.74. The van der Waals surface area contributed by atoms with Crippen molar-refractivity contribution < 1.29 is 28.6 Å². The normalized spacial score (nSPS) is 10.8. The van der Waals surface area contributed by atoms with Gasteiger partial charge in [-0.25, -0.2) is 9.59 Å². The van der Waals surface area contributed by atoms with Crippen LogP contribution in [0.5, 0.6) is 0 Å². The number of hydrogen-bond donors (Lipinski definition) is 0. The fraction of sp³-hybridized carbons (Fsp3) is 0.556. The van der Waals surface area contributed by atoms with E-state index in [2.05, 4.69) is 4.98 Å². The highest BCUT2D eigenvalue weighted by molar-refractivity contribution is 6.00. The molecule has 0 aliphatic rings. The third-order valence-electron chi connectivity index (χ3n) is 3.18. The number of nitrogens with zero attached hydrogens (tertiary/aromatic N) is 2. The van der Waals surface area contributed by atoms with Crippen LogP contribution >= 0.6 is 0 Å². The Morgan fingerprint density at radius 3 is 2.50 bits per heavy atom. The molecule has 8 nitrogen and oxygen atoms in total. The molecule has 0 saturated carbocycles. The minimum atomic E-state index is -0.713. The van der Waals surface area contributed by atoms with E-state index in [1.165, 1.54) is 30.5 Å². The largest absolute Gasteiger partial charge is 0.466 e. The van der Waals surface area contributed by atoms with Gasteiger partial charge in [-0.2, -0.15) is 0 Å².